The molecule has 0 atom stereocenters. The van der Waals surface area contributed by atoms with Gasteiger partial charge in [0.25, 0.3) is 0 Å². The molecule has 0 spiro atoms. The Morgan fingerprint density at radius 3 is 1.67 bits per heavy atom. The lowest BCUT2D eigenvalue weighted by Gasteiger charge is -2.26. The number of hydrogen-bond donors (Lipinski definition) is 0. The van der Waals surface area contributed by atoms with Gasteiger partial charge in [-0.3, -0.25) is 0 Å². The van der Waals surface area contributed by atoms with Crippen molar-refractivity contribution in [1.82, 2.24) is 0 Å². The third-order valence-corrected chi connectivity index (χ3v) is 9.28. The average Bonchev–Trinajstić information content (AvgIpc) is 3.54. The summed E-state index contributed by atoms with van der Waals surface area (Å²) in [4.78, 5) is 2.34. The number of rotatable bonds is 6. The van der Waals surface area contributed by atoms with Crippen LogP contribution in [0.2, 0.25) is 0 Å². The van der Waals surface area contributed by atoms with Crippen molar-refractivity contribution >= 4 is 49.8 Å². The zero-order valence-electron chi connectivity index (χ0n) is 26.3. The molecule has 0 amide bonds. The number of furan rings is 1. The third-order valence-electron chi connectivity index (χ3n) is 9.28. The number of hydrogen-bond acceptors (Lipinski definition) is 2. The van der Waals surface area contributed by atoms with Crippen LogP contribution < -0.4 is 4.90 Å². The zero-order valence-corrected chi connectivity index (χ0v) is 26.3. The Morgan fingerprint density at radius 2 is 0.875 bits per heavy atom. The highest BCUT2D eigenvalue weighted by Crippen LogP contribution is 2.40. The van der Waals surface area contributed by atoms with Gasteiger partial charge >= 0.3 is 0 Å². The molecule has 1 aromatic heterocycles. The highest BCUT2D eigenvalue weighted by Gasteiger charge is 2.15. The first kappa shape index (κ1) is 27.9. The molecule has 9 rings (SSSR count). The van der Waals surface area contributed by atoms with E-state index in [1.54, 1.807) is 0 Å². The molecule has 0 saturated carbocycles. The molecule has 2 nitrogen and oxygen atoms in total. The van der Waals surface area contributed by atoms with E-state index in [9.17, 15) is 0 Å². The molecular formula is C46H31NO. The van der Waals surface area contributed by atoms with Crippen molar-refractivity contribution in [1.29, 1.82) is 0 Å². The van der Waals surface area contributed by atoms with Crippen molar-refractivity contribution in [3.8, 4) is 33.4 Å². The predicted octanol–water partition coefficient (Wildman–Crippen LogP) is 13.2. The molecule has 0 unspecified atom stereocenters. The quantitative estimate of drug-likeness (QED) is 0.185. The summed E-state index contributed by atoms with van der Waals surface area (Å²) in [6.45, 7) is 0. The van der Waals surface area contributed by atoms with Gasteiger partial charge in [0.05, 0.1) is 0 Å². The first-order chi connectivity index (χ1) is 23.8. The summed E-state index contributed by atoms with van der Waals surface area (Å²) < 4.78 is 6.20. The van der Waals surface area contributed by atoms with Gasteiger partial charge in [-0.1, -0.05) is 133 Å². The highest BCUT2D eigenvalue weighted by atomic mass is 16.3. The Hall–Kier alpha value is -6.38. The van der Waals surface area contributed by atoms with Crippen LogP contribution in [-0.4, -0.2) is 0 Å². The van der Waals surface area contributed by atoms with Gasteiger partial charge in [-0.15, -0.1) is 0 Å². The molecule has 0 saturated heterocycles. The van der Waals surface area contributed by atoms with E-state index in [0.717, 1.165) is 50.1 Å². The molecule has 0 aliphatic rings. The number of para-hydroxylation sites is 1. The van der Waals surface area contributed by atoms with E-state index < -0.39 is 0 Å². The number of fused-ring (bicyclic) bond motifs is 4. The summed E-state index contributed by atoms with van der Waals surface area (Å²) in [7, 11) is 0. The van der Waals surface area contributed by atoms with Crippen molar-refractivity contribution in [2.75, 3.05) is 4.90 Å². The molecule has 226 valence electrons. The molecule has 0 bridgehead atoms. The maximum Gasteiger partial charge on any atom is 0.136 e. The van der Waals surface area contributed by atoms with E-state index in [-0.39, 0.29) is 0 Å². The number of nitrogens with zero attached hydrogens (tertiary/aromatic N) is 1. The third kappa shape index (κ3) is 5.01. The lowest BCUT2D eigenvalue weighted by atomic mass is 9.97. The summed E-state index contributed by atoms with van der Waals surface area (Å²) in [6.07, 6.45) is 0. The van der Waals surface area contributed by atoms with Crippen molar-refractivity contribution in [3.05, 3.63) is 188 Å². The summed E-state index contributed by atoms with van der Waals surface area (Å²) in [5, 5.41) is 4.78. The van der Waals surface area contributed by atoms with Gasteiger partial charge in [-0.05, 0) is 98.8 Å². The normalized spacial score (nSPS) is 11.3. The van der Waals surface area contributed by atoms with Crippen LogP contribution in [0.15, 0.2) is 192 Å². The molecule has 0 fully saturated rings. The Bertz CT molecular complexity index is 2540. The minimum absolute atomic E-state index is 0.906. The number of anilines is 3. The second-order valence-corrected chi connectivity index (χ2v) is 12.2. The van der Waals surface area contributed by atoms with E-state index >= 15 is 0 Å². The smallest absolute Gasteiger partial charge is 0.136 e. The summed E-state index contributed by atoms with van der Waals surface area (Å²) in [5.41, 5.74) is 12.2. The molecule has 1 heterocycles. The summed E-state index contributed by atoms with van der Waals surface area (Å²) in [5.74, 6) is 0. The number of benzene rings is 8. The fourth-order valence-electron chi connectivity index (χ4n) is 6.88. The molecule has 2 heteroatoms. The highest BCUT2D eigenvalue weighted by molar-refractivity contribution is 6.06. The summed E-state index contributed by atoms with van der Waals surface area (Å²) in [6, 6.07) is 67.0. The largest absolute Gasteiger partial charge is 0.456 e. The molecule has 8 aromatic carbocycles. The van der Waals surface area contributed by atoms with Crippen molar-refractivity contribution in [2.45, 2.75) is 0 Å². The minimum atomic E-state index is 0.906. The molecule has 0 N–H and O–H groups in total. The molecule has 0 aliphatic heterocycles. The minimum Gasteiger partial charge on any atom is -0.456 e. The van der Waals surface area contributed by atoms with E-state index in [1.165, 1.54) is 33.0 Å². The van der Waals surface area contributed by atoms with Crippen LogP contribution >= 0.6 is 0 Å². The van der Waals surface area contributed by atoms with Crippen LogP contribution in [0.3, 0.4) is 0 Å². The Balaban J connectivity index is 1.13. The van der Waals surface area contributed by atoms with E-state index in [4.69, 9.17) is 4.42 Å². The van der Waals surface area contributed by atoms with Gasteiger partial charge in [0.15, 0.2) is 0 Å². The van der Waals surface area contributed by atoms with Crippen LogP contribution in [-0.2, 0) is 0 Å². The fourth-order valence-corrected chi connectivity index (χ4v) is 6.88. The monoisotopic (exact) mass is 613 g/mol. The van der Waals surface area contributed by atoms with E-state index in [1.807, 2.05) is 12.1 Å². The van der Waals surface area contributed by atoms with Gasteiger partial charge in [-0.2, -0.15) is 0 Å². The van der Waals surface area contributed by atoms with Crippen molar-refractivity contribution in [2.24, 2.45) is 0 Å². The maximum atomic E-state index is 6.20. The van der Waals surface area contributed by atoms with Crippen LogP contribution in [0, 0.1) is 0 Å². The topological polar surface area (TPSA) is 16.4 Å². The second kappa shape index (κ2) is 11.8. The molecule has 0 aliphatic carbocycles. The summed E-state index contributed by atoms with van der Waals surface area (Å²) >= 11 is 0. The predicted molar refractivity (Wildman–Crippen MR) is 202 cm³/mol. The second-order valence-electron chi connectivity index (χ2n) is 12.2. The Morgan fingerprint density at radius 1 is 0.312 bits per heavy atom. The van der Waals surface area contributed by atoms with Crippen LogP contribution in [0.5, 0.6) is 0 Å². The van der Waals surface area contributed by atoms with E-state index in [0.29, 0.717) is 0 Å². The average molecular weight is 614 g/mol. The first-order valence-electron chi connectivity index (χ1n) is 16.3. The Kier molecular flexibility index (Phi) is 6.84. The van der Waals surface area contributed by atoms with Gasteiger partial charge in [0.1, 0.15) is 11.2 Å². The van der Waals surface area contributed by atoms with Crippen LogP contribution in [0.4, 0.5) is 17.1 Å². The van der Waals surface area contributed by atoms with E-state index in [2.05, 4.69) is 181 Å². The van der Waals surface area contributed by atoms with Crippen molar-refractivity contribution in [3.63, 3.8) is 0 Å². The van der Waals surface area contributed by atoms with Gasteiger partial charge in [-0.25, -0.2) is 0 Å². The SMILES string of the molecule is c1ccc(-c2ccc(N(c3ccc(-c4ccc5c(c4)oc4ccccc45)cc3)c3cccc(-c4cccc5ccccc45)c3)cc2)cc1. The lowest BCUT2D eigenvalue weighted by molar-refractivity contribution is 0.669. The standard InChI is InChI=1S/C46H31NO/c1-2-10-32(11-3-1)33-20-25-38(26-21-33)47(40-15-8-14-37(30-40)42-18-9-13-35-12-4-5-16-41(35)42)39-27-22-34(23-28-39)36-24-29-44-43-17-6-7-19-45(43)48-46(44)31-36/h1-31H. The molecule has 0 radical (unpaired) electrons. The van der Waals surface area contributed by atoms with Crippen molar-refractivity contribution < 1.29 is 4.42 Å². The Labute approximate surface area is 279 Å². The van der Waals surface area contributed by atoms with Crippen LogP contribution in [0.1, 0.15) is 0 Å². The van der Waals surface area contributed by atoms with Gasteiger partial charge < -0.3 is 9.32 Å². The maximum absolute atomic E-state index is 6.20. The first-order valence-corrected chi connectivity index (χ1v) is 16.3. The van der Waals surface area contributed by atoms with Crippen LogP contribution in [0.25, 0.3) is 66.1 Å². The van der Waals surface area contributed by atoms with Gasteiger partial charge in [0, 0.05) is 27.8 Å². The fraction of sp³-hybridized carbons (Fsp3) is 0. The van der Waals surface area contributed by atoms with Gasteiger partial charge in [0.2, 0.25) is 0 Å². The molecule has 48 heavy (non-hydrogen) atoms. The lowest BCUT2D eigenvalue weighted by Crippen LogP contribution is -2.10. The zero-order chi connectivity index (χ0) is 31.9. The molecular weight excluding hydrogens is 583 g/mol. The molecule has 9 aromatic rings.